The van der Waals surface area contributed by atoms with Crippen LogP contribution in [0, 0.1) is 0 Å². The molecular formula is C17H22N2O. The summed E-state index contributed by atoms with van der Waals surface area (Å²) in [6.45, 7) is 0.939. The third-order valence-corrected chi connectivity index (χ3v) is 4.18. The van der Waals surface area contributed by atoms with Gasteiger partial charge >= 0.3 is 0 Å². The van der Waals surface area contributed by atoms with E-state index in [0.29, 0.717) is 12.1 Å². The van der Waals surface area contributed by atoms with Crippen LogP contribution in [0.5, 0.6) is 0 Å². The first-order valence-corrected chi connectivity index (χ1v) is 7.50. The molecular weight excluding hydrogens is 248 g/mol. The molecule has 2 atom stereocenters. The van der Waals surface area contributed by atoms with Crippen molar-refractivity contribution in [2.75, 3.05) is 13.7 Å². The molecule has 3 heteroatoms. The Morgan fingerprint density at radius 1 is 1.40 bits per heavy atom. The minimum Gasteiger partial charge on any atom is -0.378 e. The number of hydrogen-bond donors (Lipinski definition) is 1. The molecule has 106 valence electrons. The van der Waals surface area contributed by atoms with E-state index in [4.69, 9.17) is 4.74 Å². The Morgan fingerprint density at radius 2 is 2.35 bits per heavy atom. The molecule has 0 amide bonds. The Hall–Kier alpha value is -1.45. The highest BCUT2D eigenvalue weighted by Gasteiger charge is 2.18. The van der Waals surface area contributed by atoms with Gasteiger partial charge in [0.25, 0.3) is 0 Å². The normalized spacial score (nSPS) is 20.4. The SMILES string of the molecule is CNC(CCC1CCCO1)c1ccc2cccnc2c1. The van der Waals surface area contributed by atoms with Crippen molar-refractivity contribution < 1.29 is 4.74 Å². The van der Waals surface area contributed by atoms with Gasteiger partial charge < -0.3 is 10.1 Å². The molecule has 1 aliphatic rings. The highest BCUT2D eigenvalue weighted by atomic mass is 16.5. The maximum absolute atomic E-state index is 5.71. The Morgan fingerprint density at radius 3 is 3.15 bits per heavy atom. The molecule has 0 radical (unpaired) electrons. The Labute approximate surface area is 120 Å². The molecule has 20 heavy (non-hydrogen) atoms. The molecule has 1 fully saturated rings. The first-order valence-electron chi connectivity index (χ1n) is 7.50. The molecule has 1 aromatic carbocycles. The molecule has 1 aliphatic heterocycles. The van der Waals surface area contributed by atoms with Crippen LogP contribution in [0.4, 0.5) is 0 Å². The summed E-state index contributed by atoms with van der Waals surface area (Å²) in [5.41, 5.74) is 2.39. The van der Waals surface area contributed by atoms with E-state index in [-0.39, 0.29) is 0 Å². The number of nitrogens with zero attached hydrogens (tertiary/aromatic N) is 1. The second-order valence-corrected chi connectivity index (χ2v) is 5.51. The molecule has 1 N–H and O–H groups in total. The summed E-state index contributed by atoms with van der Waals surface area (Å²) < 4.78 is 5.71. The number of aromatic nitrogens is 1. The maximum Gasteiger partial charge on any atom is 0.0705 e. The molecule has 0 bridgehead atoms. The highest BCUT2D eigenvalue weighted by molar-refractivity contribution is 5.78. The van der Waals surface area contributed by atoms with E-state index in [2.05, 4.69) is 34.6 Å². The molecule has 3 nitrogen and oxygen atoms in total. The van der Waals surface area contributed by atoms with Crippen molar-refractivity contribution in [1.82, 2.24) is 10.3 Å². The van der Waals surface area contributed by atoms with Crippen LogP contribution in [0.1, 0.15) is 37.3 Å². The van der Waals surface area contributed by atoms with Crippen molar-refractivity contribution >= 4 is 10.9 Å². The summed E-state index contributed by atoms with van der Waals surface area (Å²) >= 11 is 0. The highest BCUT2D eigenvalue weighted by Crippen LogP contribution is 2.25. The Kier molecular flexibility index (Phi) is 4.28. The van der Waals surface area contributed by atoms with Crippen LogP contribution in [-0.4, -0.2) is 24.7 Å². The second-order valence-electron chi connectivity index (χ2n) is 5.51. The maximum atomic E-state index is 5.71. The van der Waals surface area contributed by atoms with Crippen LogP contribution in [0.25, 0.3) is 10.9 Å². The second kappa shape index (κ2) is 6.33. The summed E-state index contributed by atoms with van der Waals surface area (Å²) in [6, 6.07) is 11.0. The minimum absolute atomic E-state index is 0.380. The van der Waals surface area contributed by atoms with Gasteiger partial charge in [-0.25, -0.2) is 0 Å². The first-order chi connectivity index (χ1) is 9.86. The van der Waals surface area contributed by atoms with E-state index >= 15 is 0 Å². The fourth-order valence-corrected chi connectivity index (χ4v) is 3.00. The number of fused-ring (bicyclic) bond motifs is 1. The van der Waals surface area contributed by atoms with Gasteiger partial charge in [0, 0.05) is 24.2 Å². The number of hydrogen-bond acceptors (Lipinski definition) is 3. The van der Waals surface area contributed by atoms with Gasteiger partial charge in [0.2, 0.25) is 0 Å². The largest absolute Gasteiger partial charge is 0.378 e. The molecule has 1 aromatic heterocycles. The number of rotatable bonds is 5. The van der Waals surface area contributed by atoms with Crippen molar-refractivity contribution in [1.29, 1.82) is 0 Å². The minimum atomic E-state index is 0.380. The van der Waals surface area contributed by atoms with Crippen molar-refractivity contribution in [2.45, 2.75) is 37.8 Å². The van der Waals surface area contributed by atoms with E-state index in [1.807, 2.05) is 19.3 Å². The van der Waals surface area contributed by atoms with Crippen molar-refractivity contribution in [3.63, 3.8) is 0 Å². The van der Waals surface area contributed by atoms with E-state index < -0.39 is 0 Å². The van der Waals surface area contributed by atoms with Crippen LogP contribution < -0.4 is 5.32 Å². The summed E-state index contributed by atoms with van der Waals surface area (Å²) in [4.78, 5) is 4.44. The fourth-order valence-electron chi connectivity index (χ4n) is 3.00. The third-order valence-electron chi connectivity index (χ3n) is 4.18. The lowest BCUT2D eigenvalue weighted by Crippen LogP contribution is -2.18. The molecule has 3 rings (SSSR count). The van der Waals surface area contributed by atoms with Crippen LogP contribution >= 0.6 is 0 Å². The number of benzene rings is 1. The molecule has 0 saturated carbocycles. The summed E-state index contributed by atoms with van der Waals surface area (Å²) in [5, 5.41) is 4.62. The van der Waals surface area contributed by atoms with Gasteiger partial charge in [0.05, 0.1) is 11.6 Å². The van der Waals surface area contributed by atoms with E-state index in [9.17, 15) is 0 Å². The van der Waals surface area contributed by atoms with Gasteiger partial charge in [-0.1, -0.05) is 18.2 Å². The van der Waals surface area contributed by atoms with E-state index in [1.165, 1.54) is 23.8 Å². The lowest BCUT2D eigenvalue weighted by molar-refractivity contribution is 0.0998. The number of nitrogens with one attached hydrogen (secondary N) is 1. The Balaban J connectivity index is 1.72. The number of pyridine rings is 1. The number of ether oxygens (including phenoxy) is 1. The first kappa shape index (κ1) is 13.5. The molecule has 2 heterocycles. The van der Waals surface area contributed by atoms with E-state index in [0.717, 1.165) is 25.0 Å². The summed E-state index contributed by atoms with van der Waals surface area (Å²) in [6.07, 6.45) is 6.99. The topological polar surface area (TPSA) is 34.1 Å². The predicted molar refractivity (Wildman–Crippen MR) is 81.8 cm³/mol. The van der Waals surface area contributed by atoms with Crippen molar-refractivity contribution in [3.05, 3.63) is 42.1 Å². The van der Waals surface area contributed by atoms with Gasteiger partial charge in [-0.05, 0) is 50.4 Å². The van der Waals surface area contributed by atoms with Gasteiger partial charge in [0.1, 0.15) is 0 Å². The molecule has 0 aliphatic carbocycles. The van der Waals surface area contributed by atoms with Crippen LogP contribution in [0.3, 0.4) is 0 Å². The average molecular weight is 270 g/mol. The molecule has 0 spiro atoms. The molecule has 2 unspecified atom stereocenters. The van der Waals surface area contributed by atoms with Crippen molar-refractivity contribution in [3.8, 4) is 0 Å². The smallest absolute Gasteiger partial charge is 0.0705 e. The van der Waals surface area contributed by atoms with Gasteiger partial charge in [-0.3, -0.25) is 4.98 Å². The van der Waals surface area contributed by atoms with E-state index in [1.54, 1.807) is 0 Å². The zero-order valence-electron chi connectivity index (χ0n) is 12.0. The standard InChI is InChI=1S/C17H22N2O/c1-18-16(9-8-15-5-3-11-20-15)14-7-6-13-4-2-10-19-17(13)12-14/h2,4,6-7,10,12,15-16,18H,3,5,8-9,11H2,1H3. The summed E-state index contributed by atoms with van der Waals surface area (Å²) in [5.74, 6) is 0. The lowest BCUT2D eigenvalue weighted by atomic mass is 9.98. The zero-order chi connectivity index (χ0) is 13.8. The third kappa shape index (κ3) is 3.00. The summed E-state index contributed by atoms with van der Waals surface area (Å²) in [7, 11) is 2.03. The lowest BCUT2D eigenvalue weighted by Gasteiger charge is -2.19. The average Bonchev–Trinajstić information content (AvgIpc) is 3.01. The quantitative estimate of drug-likeness (QED) is 0.903. The van der Waals surface area contributed by atoms with Crippen molar-refractivity contribution in [2.24, 2.45) is 0 Å². The zero-order valence-corrected chi connectivity index (χ0v) is 12.0. The van der Waals surface area contributed by atoms with Crippen LogP contribution in [-0.2, 0) is 4.74 Å². The molecule has 2 aromatic rings. The monoisotopic (exact) mass is 270 g/mol. The van der Waals surface area contributed by atoms with Gasteiger partial charge in [-0.2, -0.15) is 0 Å². The van der Waals surface area contributed by atoms with Crippen LogP contribution in [0.15, 0.2) is 36.5 Å². The van der Waals surface area contributed by atoms with Crippen LogP contribution in [0.2, 0.25) is 0 Å². The van der Waals surface area contributed by atoms with Gasteiger partial charge in [-0.15, -0.1) is 0 Å². The molecule has 1 saturated heterocycles. The predicted octanol–water partition coefficient (Wildman–Crippen LogP) is 3.45. The fraction of sp³-hybridized carbons (Fsp3) is 0.471. The Bertz CT molecular complexity index is 564. The van der Waals surface area contributed by atoms with Gasteiger partial charge in [0.15, 0.2) is 0 Å².